The number of aromatic nitrogens is 2. The topological polar surface area (TPSA) is 68.4 Å². The summed E-state index contributed by atoms with van der Waals surface area (Å²) < 4.78 is 11.0. The van der Waals surface area contributed by atoms with Gasteiger partial charge in [-0.15, -0.1) is 10.2 Å². The molecule has 5 nitrogen and oxygen atoms in total. The summed E-state index contributed by atoms with van der Waals surface area (Å²) in [5, 5.41) is 17.0. The highest BCUT2D eigenvalue weighted by Gasteiger charge is 2.07. The third-order valence-electron chi connectivity index (χ3n) is 2.36. The summed E-state index contributed by atoms with van der Waals surface area (Å²) in [6, 6.07) is 7.78. The number of aryl methyl sites for hydroxylation is 1. The molecule has 0 unspecified atom stereocenters. The standard InChI is InChI=1S/C13H16N2O3S/c1-10-3-5-11(6-4-10)17-9-12-14-15-13(18-12)19-8-2-7-16/h3-6,16H,2,7-9H2,1H3. The van der Waals surface area contributed by atoms with E-state index in [2.05, 4.69) is 10.2 Å². The van der Waals surface area contributed by atoms with Crippen molar-refractivity contribution in [1.29, 1.82) is 0 Å². The maximum absolute atomic E-state index is 8.68. The molecule has 0 aliphatic heterocycles. The minimum Gasteiger partial charge on any atom is -0.484 e. The van der Waals surface area contributed by atoms with Crippen LogP contribution in [0.25, 0.3) is 0 Å². The van der Waals surface area contributed by atoms with Gasteiger partial charge >= 0.3 is 0 Å². The maximum atomic E-state index is 8.68. The number of rotatable bonds is 7. The van der Waals surface area contributed by atoms with Crippen molar-refractivity contribution in [3.63, 3.8) is 0 Å². The number of nitrogens with zero attached hydrogens (tertiary/aromatic N) is 2. The molecule has 0 aliphatic carbocycles. The van der Waals surface area contributed by atoms with Crippen molar-refractivity contribution in [3.8, 4) is 5.75 Å². The number of benzene rings is 1. The summed E-state index contributed by atoms with van der Waals surface area (Å²) in [4.78, 5) is 0. The van der Waals surface area contributed by atoms with Crippen LogP contribution in [-0.4, -0.2) is 27.7 Å². The summed E-state index contributed by atoms with van der Waals surface area (Å²) in [6.07, 6.45) is 0.711. The summed E-state index contributed by atoms with van der Waals surface area (Å²) in [5.74, 6) is 1.99. The molecule has 2 aromatic rings. The Morgan fingerprint density at radius 1 is 1.26 bits per heavy atom. The van der Waals surface area contributed by atoms with Crippen molar-refractivity contribution in [2.45, 2.75) is 25.2 Å². The predicted molar refractivity (Wildman–Crippen MR) is 72.2 cm³/mol. The smallest absolute Gasteiger partial charge is 0.276 e. The van der Waals surface area contributed by atoms with E-state index in [4.69, 9.17) is 14.3 Å². The van der Waals surface area contributed by atoms with E-state index in [1.807, 2.05) is 31.2 Å². The summed E-state index contributed by atoms with van der Waals surface area (Å²) in [7, 11) is 0. The molecule has 0 saturated carbocycles. The second kappa shape index (κ2) is 7.16. The average molecular weight is 280 g/mol. The van der Waals surface area contributed by atoms with E-state index in [1.54, 1.807) is 0 Å². The molecule has 0 radical (unpaired) electrons. The number of ether oxygens (including phenoxy) is 1. The third-order valence-corrected chi connectivity index (χ3v) is 3.26. The van der Waals surface area contributed by atoms with Crippen LogP contribution in [0.15, 0.2) is 33.9 Å². The molecule has 6 heteroatoms. The Balaban J connectivity index is 1.81. The summed E-state index contributed by atoms with van der Waals surface area (Å²) >= 11 is 1.43. The first-order valence-corrected chi connectivity index (χ1v) is 7.02. The zero-order valence-corrected chi connectivity index (χ0v) is 11.5. The molecule has 2 rings (SSSR count). The molecule has 0 amide bonds. The quantitative estimate of drug-likeness (QED) is 0.620. The minimum absolute atomic E-state index is 0.171. The van der Waals surface area contributed by atoms with Gasteiger partial charge in [0, 0.05) is 12.4 Å². The molecular formula is C13H16N2O3S. The van der Waals surface area contributed by atoms with Crippen molar-refractivity contribution in [3.05, 3.63) is 35.7 Å². The van der Waals surface area contributed by atoms with E-state index < -0.39 is 0 Å². The van der Waals surface area contributed by atoms with Crippen LogP contribution < -0.4 is 4.74 Å². The van der Waals surface area contributed by atoms with Gasteiger partial charge in [-0.3, -0.25) is 0 Å². The molecule has 19 heavy (non-hydrogen) atoms. The lowest BCUT2D eigenvalue weighted by Crippen LogP contribution is -1.95. The zero-order chi connectivity index (χ0) is 13.5. The van der Waals surface area contributed by atoms with Crippen LogP contribution in [0, 0.1) is 6.92 Å². The number of hydrogen-bond acceptors (Lipinski definition) is 6. The Hall–Kier alpha value is -1.53. The zero-order valence-electron chi connectivity index (χ0n) is 10.7. The third kappa shape index (κ3) is 4.57. The summed E-state index contributed by atoms with van der Waals surface area (Å²) in [6.45, 7) is 2.46. The molecule has 0 atom stereocenters. The van der Waals surface area contributed by atoms with Gasteiger partial charge in [0.1, 0.15) is 5.75 Å². The van der Waals surface area contributed by atoms with Gasteiger partial charge in [-0.1, -0.05) is 29.5 Å². The first kappa shape index (κ1) is 13.9. The number of thioether (sulfide) groups is 1. The van der Waals surface area contributed by atoms with E-state index in [0.29, 0.717) is 17.5 Å². The molecular weight excluding hydrogens is 264 g/mol. The van der Waals surface area contributed by atoms with Gasteiger partial charge in [-0.25, -0.2) is 0 Å². The van der Waals surface area contributed by atoms with Crippen molar-refractivity contribution in [2.75, 3.05) is 12.4 Å². The molecule has 0 fully saturated rings. The van der Waals surface area contributed by atoms with E-state index in [1.165, 1.54) is 17.3 Å². The Morgan fingerprint density at radius 2 is 2.05 bits per heavy atom. The van der Waals surface area contributed by atoms with Crippen LogP contribution in [-0.2, 0) is 6.61 Å². The van der Waals surface area contributed by atoms with Crippen LogP contribution in [0.4, 0.5) is 0 Å². The monoisotopic (exact) mass is 280 g/mol. The number of aliphatic hydroxyl groups is 1. The molecule has 0 aliphatic rings. The predicted octanol–water partition coefficient (Wildman–Crippen LogP) is 2.43. The Kier molecular flexibility index (Phi) is 5.23. The largest absolute Gasteiger partial charge is 0.484 e. The van der Waals surface area contributed by atoms with Crippen LogP contribution in [0.1, 0.15) is 17.9 Å². The summed E-state index contributed by atoms with van der Waals surface area (Å²) in [5.41, 5.74) is 1.19. The molecule has 1 heterocycles. The average Bonchev–Trinajstić information content (AvgIpc) is 2.86. The Morgan fingerprint density at radius 3 is 2.79 bits per heavy atom. The van der Waals surface area contributed by atoms with Gasteiger partial charge < -0.3 is 14.3 Å². The first-order chi connectivity index (χ1) is 9.28. The Bertz CT molecular complexity index is 499. The highest BCUT2D eigenvalue weighted by molar-refractivity contribution is 7.99. The van der Waals surface area contributed by atoms with Crippen molar-refractivity contribution in [2.24, 2.45) is 0 Å². The maximum Gasteiger partial charge on any atom is 0.276 e. The molecule has 0 bridgehead atoms. The molecule has 102 valence electrons. The van der Waals surface area contributed by atoms with Crippen molar-refractivity contribution < 1.29 is 14.3 Å². The van der Waals surface area contributed by atoms with Gasteiger partial charge in [0.05, 0.1) is 0 Å². The van der Waals surface area contributed by atoms with Crippen LogP contribution in [0.5, 0.6) is 5.75 Å². The fraction of sp³-hybridized carbons (Fsp3) is 0.385. The highest BCUT2D eigenvalue weighted by Crippen LogP contribution is 2.18. The van der Waals surface area contributed by atoms with Gasteiger partial charge in [0.25, 0.3) is 11.1 Å². The SMILES string of the molecule is Cc1ccc(OCc2nnc(SCCCO)o2)cc1. The highest BCUT2D eigenvalue weighted by atomic mass is 32.2. The van der Waals surface area contributed by atoms with Gasteiger partial charge in [0.2, 0.25) is 0 Å². The number of aliphatic hydroxyl groups excluding tert-OH is 1. The minimum atomic E-state index is 0.171. The molecule has 0 saturated heterocycles. The Labute approximate surface area is 116 Å². The van der Waals surface area contributed by atoms with Crippen LogP contribution >= 0.6 is 11.8 Å². The van der Waals surface area contributed by atoms with Crippen molar-refractivity contribution >= 4 is 11.8 Å². The molecule has 0 spiro atoms. The van der Waals surface area contributed by atoms with E-state index in [0.717, 1.165) is 11.5 Å². The van der Waals surface area contributed by atoms with Crippen LogP contribution in [0.3, 0.4) is 0 Å². The fourth-order valence-electron chi connectivity index (χ4n) is 1.36. The van der Waals surface area contributed by atoms with Gasteiger partial charge in [-0.2, -0.15) is 0 Å². The lowest BCUT2D eigenvalue weighted by Gasteiger charge is -2.02. The van der Waals surface area contributed by atoms with Gasteiger partial charge in [-0.05, 0) is 25.5 Å². The van der Waals surface area contributed by atoms with Crippen molar-refractivity contribution in [1.82, 2.24) is 10.2 Å². The second-order valence-electron chi connectivity index (χ2n) is 3.99. The normalized spacial score (nSPS) is 10.6. The van der Waals surface area contributed by atoms with E-state index in [9.17, 15) is 0 Å². The molecule has 1 N–H and O–H groups in total. The fourth-order valence-corrected chi connectivity index (χ4v) is 2.06. The molecule has 1 aromatic carbocycles. The number of hydrogen-bond donors (Lipinski definition) is 1. The lowest BCUT2D eigenvalue weighted by atomic mass is 10.2. The molecule has 1 aromatic heterocycles. The van der Waals surface area contributed by atoms with E-state index in [-0.39, 0.29) is 13.2 Å². The lowest BCUT2D eigenvalue weighted by molar-refractivity contribution is 0.252. The first-order valence-electron chi connectivity index (χ1n) is 6.03. The van der Waals surface area contributed by atoms with Gasteiger partial charge in [0.15, 0.2) is 6.61 Å². The second-order valence-corrected chi connectivity index (χ2v) is 5.04. The van der Waals surface area contributed by atoms with E-state index >= 15 is 0 Å². The van der Waals surface area contributed by atoms with Crippen LogP contribution in [0.2, 0.25) is 0 Å².